The maximum atomic E-state index is 10.9. The normalized spacial score (nSPS) is 11.2. The summed E-state index contributed by atoms with van der Waals surface area (Å²) in [4.78, 5) is 22.4. The summed E-state index contributed by atoms with van der Waals surface area (Å²) in [6, 6.07) is 4.15. The molecule has 0 amide bonds. The highest BCUT2D eigenvalue weighted by Gasteiger charge is 2.16. The summed E-state index contributed by atoms with van der Waals surface area (Å²) < 4.78 is -0.104. The van der Waals surface area contributed by atoms with Crippen LogP contribution in [0.4, 0.5) is 0 Å². The minimum atomic E-state index is -1.12. The molecule has 0 saturated heterocycles. The Morgan fingerprint density at radius 3 is 1.71 bits per heavy atom. The van der Waals surface area contributed by atoms with Gasteiger partial charge >= 0.3 is 11.9 Å². The van der Waals surface area contributed by atoms with Gasteiger partial charge < -0.3 is 10.2 Å². The van der Waals surface area contributed by atoms with E-state index in [0.717, 1.165) is 6.07 Å². The van der Waals surface area contributed by atoms with Crippen LogP contribution in [0.2, 0.25) is 0 Å². The number of carbonyl (C=O) groups is 2. The minimum absolute atomic E-state index is 0.00310. The number of thioether (sulfide) groups is 1. The molecule has 0 aliphatic heterocycles. The predicted molar refractivity (Wildman–Crippen MR) is 66.0 cm³/mol. The SMILES string of the molecule is CC(C)(C)Sc1cc(C(=O)O)cc(C(=O)O)c1. The molecule has 0 bridgehead atoms. The zero-order valence-electron chi connectivity index (χ0n) is 9.85. The van der Waals surface area contributed by atoms with E-state index in [-0.39, 0.29) is 15.9 Å². The maximum absolute atomic E-state index is 10.9. The molecule has 0 unspecified atom stereocenters. The van der Waals surface area contributed by atoms with Gasteiger partial charge in [0, 0.05) is 9.64 Å². The second-order valence-electron chi connectivity index (χ2n) is 4.57. The van der Waals surface area contributed by atoms with E-state index in [0.29, 0.717) is 4.90 Å². The Balaban J connectivity index is 3.22. The zero-order valence-corrected chi connectivity index (χ0v) is 10.7. The van der Waals surface area contributed by atoms with Crippen molar-refractivity contribution in [1.29, 1.82) is 0 Å². The predicted octanol–water partition coefficient (Wildman–Crippen LogP) is 2.97. The fourth-order valence-electron chi connectivity index (χ4n) is 1.26. The Bertz CT molecular complexity index is 428. The first-order valence-electron chi connectivity index (χ1n) is 5.00. The Morgan fingerprint density at radius 1 is 1.00 bits per heavy atom. The third-order valence-corrected chi connectivity index (χ3v) is 2.91. The number of hydrogen-bond donors (Lipinski definition) is 2. The van der Waals surface area contributed by atoms with E-state index < -0.39 is 11.9 Å². The summed E-state index contributed by atoms with van der Waals surface area (Å²) in [6.07, 6.45) is 0. The van der Waals surface area contributed by atoms with Gasteiger partial charge in [0.15, 0.2) is 0 Å². The first-order valence-corrected chi connectivity index (χ1v) is 5.81. The van der Waals surface area contributed by atoms with Crippen LogP contribution in [-0.4, -0.2) is 26.9 Å². The molecule has 0 aliphatic rings. The number of benzene rings is 1. The second-order valence-corrected chi connectivity index (χ2v) is 6.47. The smallest absolute Gasteiger partial charge is 0.335 e. The Morgan fingerprint density at radius 2 is 1.41 bits per heavy atom. The molecule has 0 fully saturated rings. The maximum Gasteiger partial charge on any atom is 0.335 e. The van der Waals surface area contributed by atoms with Gasteiger partial charge in [0.25, 0.3) is 0 Å². The van der Waals surface area contributed by atoms with E-state index in [9.17, 15) is 9.59 Å². The molecule has 0 spiro atoms. The van der Waals surface area contributed by atoms with Gasteiger partial charge in [-0.2, -0.15) is 0 Å². The number of rotatable bonds is 3. The van der Waals surface area contributed by atoms with Gasteiger partial charge in [-0.3, -0.25) is 0 Å². The van der Waals surface area contributed by atoms with E-state index in [1.54, 1.807) is 0 Å². The molecule has 1 aromatic rings. The number of hydrogen-bond acceptors (Lipinski definition) is 3. The molecule has 0 radical (unpaired) electrons. The van der Waals surface area contributed by atoms with Crippen LogP contribution in [0.1, 0.15) is 41.5 Å². The van der Waals surface area contributed by atoms with Crippen LogP contribution in [0.25, 0.3) is 0 Å². The van der Waals surface area contributed by atoms with Crippen molar-refractivity contribution in [3.8, 4) is 0 Å². The van der Waals surface area contributed by atoms with Crippen molar-refractivity contribution in [3.63, 3.8) is 0 Å². The van der Waals surface area contributed by atoms with E-state index in [1.165, 1.54) is 23.9 Å². The van der Waals surface area contributed by atoms with Crippen molar-refractivity contribution in [2.45, 2.75) is 30.4 Å². The fourth-order valence-corrected chi connectivity index (χ4v) is 2.34. The Labute approximate surface area is 104 Å². The highest BCUT2D eigenvalue weighted by atomic mass is 32.2. The van der Waals surface area contributed by atoms with Crippen LogP contribution in [0.15, 0.2) is 23.1 Å². The van der Waals surface area contributed by atoms with Crippen molar-refractivity contribution in [1.82, 2.24) is 0 Å². The largest absolute Gasteiger partial charge is 0.478 e. The third-order valence-electron chi connectivity index (χ3n) is 1.82. The van der Waals surface area contributed by atoms with Gasteiger partial charge in [0.2, 0.25) is 0 Å². The van der Waals surface area contributed by atoms with Crippen LogP contribution in [0.5, 0.6) is 0 Å². The average Bonchev–Trinajstić information content (AvgIpc) is 2.14. The van der Waals surface area contributed by atoms with E-state index in [1.807, 2.05) is 20.8 Å². The monoisotopic (exact) mass is 254 g/mol. The summed E-state index contributed by atoms with van der Waals surface area (Å²) in [7, 11) is 0. The standard InChI is InChI=1S/C12H14O4S/c1-12(2,3)17-9-5-7(10(13)14)4-8(6-9)11(15)16/h4-6H,1-3H3,(H,13,14)(H,15,16). The van der Waals surface area contributed by atoms with Gasteiger partial charge in [0.05, 0.1) is 11.1 Å². The van der Waals surface area contributed by atoms with Crippen molar-refractivity contribution in [2.24, 2.45) is 0 Å². The van der Waals surface area contributed by atoms with E-state index in [2.05, 4.69) is 0 Å². The molecule has 0 aliphatic carbocycles. The lowest BCUT2D eigenvalue weighted by Crippen LogP contribution is -2.08. The molecular formula is C12H14O4S. The molecular weight excluding hydrogens is 240 g/mol. The third kappa shape index (κ3) is 4.11. The van der Waals surface area contributed by atoms with Crippen LogP contribution < -0.4 is 0 Å². The highest BCUT2D eigenvalue weighted by Crippen LogP contribution is 2.33. The lowest BCUT2D eigenvalue weighted by molar-refractivity contribution is 0.0696. The highest BCUT2D eigenvalue weighted by molar-refractivity contribution is 8.00. The molecule has 0 aromatic heterocycles. The van der Waals surface area contributed by atoms with Crippen molar-refractivity contribution in [2.75, 3.05) is 0 Å². The Hall–Kier alpha value is -1.49. The van der Waals surface area contributed by atoms with Gasteiger partial charge in [0.1, 0.15) is 0 Å². The molecule has 0 atom stereocenters. The molecule has 1 rings (SSSR count). The molecule has 5 heteroatoms. The molecule has 17 heavy (non-hydrogen) atoms. The topological polar surface area (TPSA) is 74.6 Å². The van der Waals surface area contributed by atoms with Crippen LogP contribution >= 0.6 is 11.8 Å². The average molecular weight is 254 g/mol. The molecule has 4 nitrogen and oxygen atoms in total. The van der Waals surface area contributed by atoms with Crippen molar-refractivity contribution < 1.29 is 19.8 Å². The second kappa shape index (κ2) is 4.79. The lowest BCUT2D eigenvalue weighted by Gasteiger charge is -2.18. The van der Waals surface area contributed by atoms with Gasteiger partial charge in [-0.05, 0) is 18.2 Å². The first-order chi connectivity index (χ1) is 7.69. The van der Waals surface area contributed by atoms with Gasteiger partial charge in [-0.1, -0.05) is 20.8 Å². The van der Waals surface area contributed by atoms with E-state index >= 15 is 0 Å². The van der Waals surface area contributed by atoms with Crippen molar-refractivity contribution in [3.05, 3.63) is 29.3 Å². The molecule has 1 aromatic carbocycles. The molecule has 0 heterocycles. The van der Waals surface area contributed by atoms with Crippen molar-refractivity contribution >= 4 is 23.7 Å². The summed E-state index contributed by atoms with van der Waals surface area (Å²) >= 11 is 1.44. The summed E-state index contributed by atoms with van der Waals surface area (Å²) in [5.41, 5.74) is -0.00620. The van der Waals surface area contributed by atoms with Crippen LogP contribution in [0, 0.1) is 0 Å². The fraction of sp³-hybridized carbons (Fsp3) is 0.333. The summed E-state index contributed by atoms with van der Waals surface area (Å²) in [6.45, 7) is 5.93. The zero-order chi connectivity index (χ0) is 13.2. The first kappa shape index (κ1) is 13.6. The quantitative estimate of drug-likeness (QED) is 0.811. The summed E-state index contributed by atoms with van der Waals surface area (Å²) in [5.74, 6) is -2.24. The van der Waals surface area contributed by atoms with Gasteiger partial charge in [-0.25, -0.2) is 9.59 Å². The number of carboxylic acids is 2. The van der Waals surface area contributed by atoms with Crippen LogP contribution in [0.3, 0.4) is 0 Å². The number of aromatic carboxylic acids is 2. The minimum Gasteiger partial charge on any atom is -0.478 e. The van der Waals surface area contributed by atoms with Gasteiger partial charge in [-0.15, -0.1) is 11.8 Å². The molecule has 0 saturated carbocycles. The van der Waals surface area contributed by atoms with E-state index in [4.69, 9.17) is 10.2 Å². The molecule has 92 valence electrons. The Kier molecular flexibility index (Phi) is 3.83. The lowest BCUT2D eigenvalue weighted by atomic mass is 10.1. The summed E-state index contributed by atoms with van der Waals surface area (Å²) in [5, 5.41) is 17.8. The number of carboxylic acid groups (broad SMARTS) is 2. The van der Waals surface area contributed by atoms with Crippen LogP contribution in [-0.2, 0) is 0 Å². The molecule has 2 N–H and O–H groups in total.